The minimum absolute atomic E-state index is 0.314. The Morgan fingerprint density at radius 1 is 1.55 bits per heavy atom. The monoisotopic (exact) mass is 354 g/mol. The first kappa shape index (κ1) is 15.0. The van der Waals surface area contributed by atoms with Crippen molar-refractivity contribution >= 4 is 37.0 Å². The van der Waals surface area contributed by atoms with Gasteiger partial charge >= 0.3 is 0 Å². The Bertz CT molecular complexity index is 804. The number of aromatic nitrogens is 2. The molecule has 2 heterocycles. The van der Waals surface area contributed by atoms with Gasteiger partial charge in [0.05, 0.1) is 4.91 Å². The molecule has 0 aliphatic carbocycles. The molecule has 2 aromatic heterocycles. The lowest BCUT2D eigenvalue weighted by molar-refractivity contribution is 0.593. The van der Waals surface area contributed by atoms with Gasteiger partial charge in [0.25, 0.3) is 10.0 Å². The quantitative estimate of drug-likeness (QED) is 0.785. The average Bonchev–Trinajstić information content (AvgIpc) is 2.73. The number of hydrogen-bond acceptors (Lipinski definition) is 3. The smallest absolute Gasteiger partial charge is 0.236 e. The summed E-state index contributed by atoms with van der Waals surface area (Å²) in [4.78, 5) is 4.54. The van der Waals surface area contributed by atoms with Gasteiger partial charge in [0.15, 0.2) is 5.65 Å². The molecule has 6 heteroatoms. The first-order valence-corrected chi connectivity index (χ1v) is 8.35. The normalized spacial score (nSPS) is 12.8. The van der Waals surface area contributed by atoms with Gasteiger partial charge in [-0.1, -0.05) is 19.6 Å². The van der Waals surface area contributed by atoms with Crippen LogP contribution in [0.5, 0.6) is 0 Å². The number of rotatable bonds is 4. The molecule has 0 radical (unpaired) electrons. The van der Waals surface area contributed by atoms with Crippen molar-refractivity contribution in [3.63, 3.8) is 0 Å². The minimum atomic E-state index is -3.60. The molecule has 0 aromatic carbocycles. The van der Waals surface area contributed by atoms with Crippen molar-refractivity contribution < 1.29 is 8.42 Å². The lowest BCUT2D eigenvalue weighted by atomic mass is 10.2. The van der Waals surface area contributed by atoms with Crippen LogP contribution < -0.4 is 0 Å². The Kier molecular flexibility index (Phi) is 4.15. The summed E-state index contributed by atoms with van der Waals surface area (Å²) in [5.41, 5.74) is 1.31. The summed E-state index contributed by atoms with van der Waals surface area (Å²) < 4.78 is 27.4. The van der Waals surface area contributed by atoms with E-state index >= 15 is 0 Å². The SMILES string of the molecule is C=C/C=C(\CC)S(=O)(=O)n1cc(C)c2cc(Br)cnc21. The van der Waals surface area contributed by atoms with Crippen LogP contribution in [-0.4, -0.2) is 17.4 Å². The molecule has 4 nitrogen and oxygen atoms in total. The summed E-state index contributed by atoms with van der Waals surface area (Å²) in [6.07, 6.45) is 6.61. The molecule has 0 N–H and O–H groups in total. The number of aryl methyl sites for hydroxylation is 1. The maximum absolute atomic E-state index is 12.7. The van der Waals surface area contributed by atoms with Crippen LogP contribution in [0.3, 0.4) is 0 Å². The molecule has 0 fully saturated rings. The van der Waals surface area contributed by atoms with E-state index in [1.807, 2.05) is 13.0 Å². The second-order valence-corrected chi connectivity index (χ2v) is 7.14. The fourth-order valence-corrected chi connectivity index (χ4v) is 3.92. The summed E-state index contributed by atoms with van der Waals surface area (Å²) in [5.74, 6) is 0. The fraction of sp³-hybridized carbons (Fsp3) is 0.214. The zero-order valence-corrected chi connectivity index (χ0v) is 13.7. The second kappa shape index (κ2) is 5.54. The first-order valence-electron chi connectivity index (χ1n) is 6.12. The minimum Gasteiger partial charge on any atom is -0.236 e. The summed E-state index contributed by atoms with van der Waals surface area (Å²) in [5, 5.41) is 0.817. The molecule has 2 aromatic rings. The predicted octanol–water partition coefficient (Wildman–Crippen LogP) is 3.77. The van der Waals surface area contributed by atoms with Gasteiger partial charge in [-0.2, -0.15) is 0 Å². The molecular weight excluding hydrogens is 340 g/mol. The molecule has 0 spiro atoms. The highest BCUT2D eigenvalue weighted by Gasteiger charge is 2.22. The Labute approximate surface area is 127 Å². The summed E-state index contributed by atoms with van der Waals surface area (Å²) in [6.45, 7) is 7.23. The summed E-state index contributed by atoms with van der Waals surface area (Å²) in [7, 11) is -3.60. The van der Waals surface area contributed by atoms with E-state index in [-0.39, 0.29) is 0 Å². The summed E-state index contributed by atoms with van der Waals surface area (Å²) in [6, 6.07) is 1.87. The van der Waals surface area contributed by atoms with Crippen LogP contribution in [0.2, 0.25) is 0 Å². The molecule has 0 amide bonds. The first-order chi connectivity index (χ1) is 9.41. The van der Waals surface area contributed by atoms with E-state index in [4.69, 9.17) is 0 Å². The van der Waals surface area contributed by atoms with Gasteiger partial charge in [-0.25, -0.2) is 17.4 Å². The van der Waals surface area contributed by atoms with E-state index in [9.17, 15) is 8.42 Å². The molecule has 0 aliphatic heterocycles. The highest BCUT2D eigenvalue weighted by molar-refractivity contribution is 9.10. The fourth-order valence-electron chi connectivity index (χ4n) is 2.03. The van der Waals surface area contributed by atoms with Crippen molar-refractivity contribution in [3.05, 3.63) is 52.1 Å². The molecule has 2 rings (SSSR count). The van der Waals surface area contributed by atoms with Gasteiger partial charge in [0, 0.05) is 22.3 Å². The van der Waals surface area contributed by atoms with Crippen molar-refractivity contribution in [3.8, 4) is 0 Å². The number of fused-ring (bicyclic) bond motifs is 1. The number of allylic oxidation sites excluding steroid dienone is 3. The van der Waals surface area contributed by atoms with Gasteiger partial charge in [-0.3, -0.25) is 0 Å². The topological polar surface area (TPSA) is 52.0 Å². The molecule has 0 unspecified atom stereocenters. The van der Waals surface area contributed by atoms with E-state index < -0.39 is 10.0 Å². The Morgan fingerprint density at radius 2 is 2.25 bits per heavy atom. The Hall–Kier alpha value is -1.40. The van der Waals surface area contributed by atoms with E-state index in [1.54, 1.807) is 19.3 Å². The molecule has 0 aliphatic rings. The highest BCUT2D eigenvalue weighted by atomic mass is 79.9. The van der Waals surface area contributed by atoms with E-state index in [0.29, 0.717) is 17.0 Å². The van der Waals surface area contributed by atoms with Crippen LogP contribution in [-0.2, 0) is 10.0 Å². The van der Waals surface area contributed by atoms with Crippen molar-refractivity contribution in [2.75, 3.05) is 0 Å². The van der Waals surface area contributed by atoms with Crippen LogP contribution in [0.4, 0.5) is 0 Å². The lowest BCUT2D eigenvalue weighted by Gasteiger charge is -2.08. The number of hydrogen-bond donors (Lipinski definition) is 0. The standard InChI is InChI=1S/C14H15BrN2O2S/c1-4-6-12(5-2)20(18,19)17-9-10(3)13-7-11(15)8-16-14(13)17/h4,6-9H,1,5H2,2-3H3/b12-6+. The zero-order chi connectivity index (χ0) is 14.9. The van der Waals surface area contributed by atoms with E-state index in [0.717, 1.165) is 15.4 Å². The molecular formula is C14H15BrN2O2S. The van der Waals surface area contributed by atoms with Gasteiger partial charge in [-0.05, 0) is 47.0 Å². The molecule has 0 saturated heterocycles. The van der Waals surface area contributed by atoms with Crippen LogP contribution in [0.1, 0.15) is 18.9 Å². The number of nitrogens with zero attached hydrogens (tertiary/aromatic N) is 2. The molecule has 106 valence electrons. The highest BCUT2D eigenvalue weighted by Crippen LogP contribution is 2.26. The maximum Gasteiger partial charge on any atom is 0.265 e. The molecule has 0 saturated carbocycles. The van der Waals surface area contributed by atoms with Crippen molar-refractivity contribution in [1.82, 2.24) is 8.96 Å². The van der Waals surface area contributed by atoms with Crippen LogP contribution in [0.15, 0.2) is 46.6 Å². The third-order valence-corrected chi connectivity index (χ3v) is 5.34. The van der Waals surface area contributed by atoms with Crippen LogP contribution in [0.25, 0.3) is 11.0 Å². The Morgan fingerprint density at radius 3 is 2.85 bits per heavy atom. The van der Waals surface area contributed by atoms with Crippen molar-refractivity contribution in [2.45, 2.75) is 20.3 Å². The predicted molar refractivity (Wildman–Crippen MR) is 85.1 cm³/mol. The molecule has 20 heavy (non-hydrogen) atoms. The van der Waals surface area contributed by atoms with E-state index in [2.05, 4.69) is 27.5 Å². The van der Waals surface area contributed by atoms with E-state index in [1.165, 1.54) is 16.1 Å². The van der Waals surface area contributed by atoms with Gasteiger partial charge in [0.1, 0.15) is 0 Å². The van der Waals surface area contributed by atoms with Crippen molar-refractivity contribution in [1.29, 1.82) is 0 Å². The third-order valence-electron chi connectivity index (χ3n) is 3.02. The van der Waals surface area contributed by atoms with Gasteiger partial charge in [-0.15, -0.1) is 0 Å². The Balaban J connectivity index is 2.76. The number of halogens is 1. The van der Waals surface area contributed by atoms with Crippen LogP contribution >= 0.6 is 15.9 Å². The number of pyridine rings is 1. The largest absolute Gasteiger partial charge is 0.265 e. The molecule has 0 bridgehead atoms. The van der Waals surface area contributed by atoms with Gasteiger partial charge in [0.2, 0.25) is 0 Å². The van der Waals surface area contributed by atoms with Crippen LogP contribution in [0, 0.1) is 6.92 Å². The second-order valence-electron chi connectivity index (χ2n) is 4.36. The lowest BCUT2D eigenvalue weighted by Crippen LogP contribution is -2.14. The zero-order valence-electron chi connectivity index (χ0n) is 11.3. The summed E-state index contributed by atoms with van der Waals surface area (Å²) >= 11 is 3.35. The average molecular weight is 355 g/mol. The molecule has 0 atom stereocenters. The third kappa shape index (κ3) is 2.45. The maximum atomic E-state index is 12.7. The van der Waals surface area contributed by atoms with Crippen molar-refractivity contribution in [2.24, 2.45) is 0 Å². The van der Waals surface area contributed by atoms with Gasteiger partial charge < -0.3 is 0 Å².